The highest BCUT2D eigenvalue weighted by Gasteiger charge is 2.37. The Bertz CT molecular complexity index is 177. The van der Waals surface area contributed by atoms with Gasteiger partial charge in [-0.15, -0.1) is 0 Å². The summed E-state index contributed by atoms with van der Waals surface area (Å²) in [7, 11) is 0. The highest BCUT2D eigenvalue weighted by Crippen LogP contribution is 2.40. The Morgan fingerprint density at radius 1 is 1.67 bits per heavy atom. The maximum atomic E-state index is 10.9. The molecule has 1 rings (SSSR count). The van der Waals surface area contributed by atoms with Crippen LogP contribution in [0.25, 0.3) is 0 Å². The molecule has 1 saturated carbocycles. The van der Waals surface area contributed by atoms with Gasteiger partial charge >= 0.3 is 5.97 Å². The standard InChI is InChI=1S/C10H18O2/c1-3-8-5-4-6-10(2,7-8)9(11)12/h8H,3-7H2,1-2H3,(H,11,12)/t8?,10-/m0/s1. The minimum Gasteiger partial charge on any atom is -0.481 e. The van der Waals surface area contributed by atoms with E-state index in [-0.39, 0.29) is 0 Å². The minimum absolute atomic E-state index is 0.432. The SMILES string of the molecule is CCC1CCC[C@](C)(C(=O)O)C1. The zero-order valence-corrected chi connectivity index (χ0v) is 7.97. The highest BCUT2D eigenvalue weighted by atomic mass is 16.4. The Labute approximate surface area is 74.0 Å². The second kappa shape index (κ2) is 3.46. The number of aliphatic carboxylic acids is 1. The molecular weight excluding hydrogens is 152 g/mol. The zero-order valence-electron chi connectivity index (χ0n) is 7.97. The van der Waals surface area contributed by atoms with E-state index in [4.69, 9.17) is 5.11 Å². The molecule has 1 aliphatic rings. The van der Waals surface area contributed by atoms with Gasteiger partial charge in [0.2, 0.25) is 0 Å². The Morgan fingerprint density at radius 2 is 2.33 bits per heavy atom. The number of carboxylic acid groups (broad SMARTS) is 1. The maximum Gasteiger partial charge on any atom is 0.309 e. The monoisotopic (exact) mass is 170 g/mol. The van der Waals surface area contributed by atoms with Gasteiger partial charge in [0, 0.05) is 0 Å². The van der Waals surface area contributed by atoms with E-state index < -0.39 is 11.4 Å². The van der Waals surface area contributed by atoms with Gasteiger partial charge in [-0.25, -0.2) is 0 Å². The molecule has 12 heavy (non-hydrogen) atoms. The number of carboxylic acids is 1. The van der Waals surface area contributed by atoms with Gasteiger partial charge in [0.1, 0.15) is 0 Å². The Balaban J connectivity index is 2.61. The van der Waals surface area contributed by atoms with E-state index in [1.54, 1.807) is 0 Å². The molecule has 2 atom stereocenters. The van der Waals surface area contributed by atoms with Crippen LogP contribution in [0, 0.1) is 11.3 Å². The quantitative estimate of drug-likeness (QED) is 0.691. The van der Waals surface area contributed by atoms with Gasteiger partial charge in [-0.3, -0.25) is 4.79 Å². The molecule has 1 fully saturated rings. The van der Waals surface area contributed by atoms with Crippen molar-refractivity contribution in [2.75, 3.05) is 0 Å². The molecule has 2 nitrogen and oxygen atoms in total. The van der Waals surface area contributed by atoms with Crippen molar-refractivity contribution in [2.24, 2.45) is 11.3 Å². The van der Waals surface area contributed by atoms with Crippen LogP contribution in [-0.4, -0.2) is 11.1 Å². The summed E-state index contributed by atoms with van der Waals surface area (Å²) in [5.41, 5.74) is -0.432. The lowest BCUT2D eigenvalue weighted by molar-refractivity contribution is -0.150. The molecule has 0 aliphatic heterocycles. The van der Waals surface area contributed by atoms with Crippen LogP contribution in [0.2, 0.25) is 0 Å². The van der Waals surface area contributed by atoms with Crippen molar-refractivity contribution in [1.29, 1.82) is 0 Å². The summed E-state index contributed by atoms with van der Waals surface area (Å²) in [4.78, 5) is 10.9. The van der Waals surface area contributed by atoms with Crippen molar-refractivity contribution in [2.45, 2.75) is 46.0 Å². The lowest BCUT2D eigenvalue weighted by Gasteiger charge is -2.34. The molecule has 0 spiro atoms. The number of carbonyl (C=O) groups is 1. The molecular formula is C10H18O2. The van der Waals surface area contributed by atoms with Crippen molar-refractivity contribution in [3.8, 4) is 0 Å². The second-order valence-corrected chi connectivity index (χ2v) is 4.24. The molecule has 0 bridgehead atoms. The summed E-state index contributed by atoms with van der Waals surface area (Å²) >= 11 is 0. The van der Waals surface area contributed by atoms with Gasteiger partial charge < -0.3 is 5.11 Å². The van der Waals surface area contributed by atoms with Crippen LogP contribution in [0.4, 0.5) is 0 Å². The van der Waals surface area contributed by atoms with Gasteiger partial charge in [-0.2, -0.15) is 0 Å². The number of hydrogen-bond donors (Lipinski definition) is 1. The molecule has 1 aliphatic carbocycles. The Kier molecular flexibility index (Phi) is 2.76. The first kappa shape index (κ1) is 9.56. The zero-order chi connectivity index (χ0) is 9.19. The molecule has 0 saturated heterocycles. The third-order valence-electron chi connectivity index (χ3n) is 3.17. The van der Waals surface area contributed by atoms with Crippen molar-refractivity contribution in [1.82, 2.24) is 0 Å². The highest BCUT2D eigenvalue weighted by molar-refractivity contribution is 5.74. The second-order valence-electron chi connectivity index (χ2n) is 4.24. The maximum absolute atomic E-state index is 10.9. The predicted molar refractivity (Wildman–Crippen MR) is 48.0 cm³/mol. The van der Waals surface area contributed by atoms with Crippen molar-refractivity contribution in [3.63, 3.8) is 0 Å². The van der Waals surface area contributed by atoms with Crippen LogP contribution in [0.3, 0.4) is 0 Å². The van der Waals surface area contributed by atoms with Crippen LogP contribution < -0.4 is 0 Å². The first-order chi connectivity index (χ1) is 5.58. The van der Waals surface area contributed by atoms with E-state index in [0.29, 0.717) is 5.92 Å². The van der Waals surface area contributed by atoms with Crippen LogP contribution in [0.15, 0.2) is 0 Å². The molecule has 1 unspecified atom stereocenters. The normalized spacial score (nSPS) is 36.3. The molecule has 0 amide bonds. The first-order valence-electron chi connectivity index (χ1n) is 4.82. The minimum atomic E-state index is -0.611. The predicted octanol–water partition coefficient (Wildman–Crippen LogP) is 2.68. The summed E-state index contributed by atoms with van der Waals surface area (Å²) in [6, 6.07) is 0. The van der Waals surface area contributed by atoms with E-state index in [2.05, 4.69) is 6.92 Å². The van der Waals surface area contributed by atoms with E-state index >= 15 is 0 Å². The summed E-state index contributed by atoms with van der Waals surface area (Å²) < 4.78 is 0. The van der Waals surface area contributed by atoms with E-state index in [1.807, 2.05) is 6.92 Å². The van der Waals surface area contributed by atoms with Gasteiger partial charge in [-0.1, -0.05) is 26.2 Å². The summed E-state index contributed by atoms with van der Waals surface area (Å²) in [6.45, 7) is 4.04. The Hall–Kier alpha value is -0.530. The molecule has 70 valence electrons. The van der Waals surface area contributed by atoms with Crippen LogP contribution in [0.5, 0.6) is 0 Å². The molecule has 0 heterocycles. The average Bonchev–Trinajstić information content (AvgIpc) is 2.04. The van der Waals surface area contributed by atoms with Gasteiger partial charge in [-0.05, 0) is 25.7 Å². The van der Waals surface area contributed by atoms with Gasteiger partial charge in [0.25, 0.3) is 0 Å². The molecule has 2 heteroatoms. The number of rotatable bonds is 2. The van der Waals surface area contributed by atoms with Crippen molar-refractivity contribution >= 4 is 5.97 Å². The first-order valence-corrected chi connectivity index (χ1v) is 4.82. The summed E-state index contributed by atoms with van der Waals surface area (Å²) in [6.07, 6.45) is 5.17. The lowest BCUT2D eigenvalue weighted by atomic mass is 9.70. The smallest absolute Gasteiger partial charge is 0.309 e. The molecule has 0 aromatic carbocycles. The summed E-state index contributed by atoms with van der Waals surface area (Å²) in [5, 5.41) is 9.01. The summed E-state index contributed by atoms with van der Waals surface area (Å²) in [5.74, 6) is 0.0282. The van der Waals surface area contributed by atoms with E-state index in [1.165, 1.54) is 6.42 Å². The van der Waals surface area contributed by atoms with Crippen LogP contribution in [-0.2, 0) is 4.79 Å². The van der Waals surface area contributed by atoms with Crippen LogP contribution >= 0.6 is 0 Å². The van der Waals surface area contributed by atoms with Gasteiger partial charge in [0.05, 0.1) is 5.41 Å². The van der Waals surface area contributed by atoms with E-state index in [0.717, 1.165) is 25.7 Å². The fraction of sp³-hybridized carbons (Fsp3) is 0.900. The molecule has 0 aromatic heterocycles. The molecule has 0 radical (unpaired) electrons. The van der Waals surface area contributed by atoms with Crippen molar-refractivity contribution < 1.29 is 9.90 Å². The molecule has 0 aromatic rings. The van der Waals surface area contributed by atoms with Crippen LogP contribution in [0.1, 0.15) is 46.0 Å². The average molecular weight is 170 g/mol. The third kappa shape index (κ3) is 1.79. The number of hydrogen-bond acceptors (Lipinski definition) is 1. The van der Waals surface area contributed by atoms with E-state index in [9.17, 15) is 4.79 Å². The topological polar surface area (TPSA) is 37.3 Å². The van der Waals surface area contributed by atoms with Gasteiger partial charge in [0.15, 0.2) is 0 Å². The molecule has 1 N–H and O–H groups in total. The fourth-order valence-electron chi connectivity index (χ4n) is 2.16. The Morgan fingerprint density at radius 3 is 2.83 bits per heavy atom. The fourth-order valence-corrected chi connectivity index (χ4v) is 2.16. The lowest BCUT2D eigenvalue weighted by Crippen LogP contribution is -2.33. The van der Waals surface area contributed by atoms with Crippen molar-refractivity contribution in [3.05, 3.63) is 0 Å². The third-order valence-corrected chi connectivity index (χ3v) is 3.17. The largest absolute Gasteiger partial charge is 0.481 e.